The number of aromatic amines is 1. The highest BCUT2D eigenvalue weighted by molar-refractivity contribution is 5.98. The van der Waals surface area contributed by atoms with Gasteiger partial charge in [0.05, 0.1) is 22.4 Å². The fourth-order valence-electron chi connectivity index (χ4n) is 4.58. The Kier molecular flexibility index (Phi) is 4.01. The fraction of sp³-hybridized carbons (Fsp3) is 0.409. The quantitative estimate of drug-likeness (QED) is 0.559. The zero-order valence-corrected chi connectivity index (χ0v) is 17.6. The van der Waals surface area contributed by atoms with Crippen LogP contribution in [0.25, 0.3) is 33.3 Å². The molecule has 0 bridgehead atoms. The van der Waals surface area contributed by atoms with Crippen molar-refractivity contribution in [2.45, 2.75) is 40.5 Å². The summed E-state index contributed by atoms with van der Waals surface area (Å²) in [7, 11) is 1.99. The summed E-state index contributed by atoms with van der Waals surface area (Å²) < 4.78 is 7.38. The first-order valence-corrected chi connectivity index (χ1v) is 10.2. The Morgan fingerprint density at radius 3 is 2.38 bits per heavy atom. The van der Waals surface area contributed by atoms with Crippen molar-refractivity contribution < 1.29 is 4.52 Å². The molecule has 0 aliphatic carbocycles. The minimum absolute atomic E-state index is 0.826. The highest BCUT2D eigenvalue weighted by Crippen LogP contribution is 2.38. The number of anilines is 1. The molecule has 3 aromatic heterocycles. The van der Waals surface area contributed by atoms with E-state index < -0.39 is 0 Å². The minimum atomic E-state index is 0.826. The second-order valence-electron chi connectivity index (χ2n) is 8.04. The summed E-state index contributed by atoms with van der Waals surface area (Å²) in [5.74, 6) is 1.78. The predicted molar refractivity (Wildman–Crippen MR) is 114 cm³/mol. The van der Waals surface area contributed by atoms with E-state index in [0.717, 1.165) is 75.2 Å². The van der Waals surface area contributed by atoms with Crippen molar-refractivity contribution >= 4 is 17.0 Å². The first-order valence-electron chi connectivity index (χ1n) is 10.2. The summed E-state index contributed by atoms with van der Waals surface area (Å²) in [6, 6.07) is 4.37. The number of hydrogen-bond acceptors (Lipinski definition) is 5. The van der Waals surface area contributed by atoms with Gasteiger partial charge in [-0.1, -0.05) is 5.16 Å². The Morgan fingerprint density at radius 2 is 1.76 bits per heavy atom. The van der Waals surface area contributed by atoms with Crippen molar-refractivity contribution in [2.75, 3.05) is 18.0 Å². The number of benzene rings is 1. The van der Waals surface area contributed by atoms with E-state index in [1.807, 2.05) is 25.6 Å². The average molecular weight is 390 g/mol. The van der Waals surface area contributed by atoms with Gasteiger partial charge in [0.1, 0.15) is 5.76 Å². The molecule has 4 aromatic rings. The minimum Gasteiger partial charge on any atom is -0.361 e. The molecule has 0 saturated carbocycles. The van der Waals surface area contributed by atoms with E-state index in [1.54, 1.807) is 0 Å². The molecule has 1 aromatic carbocycles. The molecule has 4 heterocycles. The van der Waals surface area contributed by atoms with Crippen LogP contribution in [0.15, 0.2) is 16.7 Å². The molecule has 1 aliphatic rings. The normalized spacial score (nSPS) is 14.4. The van der Waals surface area contributed by atoms with E-state index in [-0.39, 0.29) is 0 Å². The third-order valence-corrected chi connectivity index (χ3v) is 6.08. The van der Waals surface area contributed by atoms with E-state index >= 15 is 0 Å². The van der Waals surface area contributed by atoms with Gasteiger partial charge in [0.25, 0.3) is 0 Å². The summed E-state index contributed by atoms with van der Waals surface area (Å²) in [6.07, 6.45) is 2.43. The van der Waals surface area contributed by atoms with Crippen molar-refractivity contribution in [1.82, 2.24) is 24.9 Å². The summed E-state index contributed by atoms with van der Waals surface area (Å²) in [6.45, 7) is 10.2. The van der Waals surface area contributed by atoms with Crippen LogP contribution in [0.5, 0.6) is 0 Å². The van der Waals surface area contributed by atoms with Crippen LogP contribution in [0.4, 0.5) is 5.95 Å². The fourth-order valence-corrected chi connectivity index (χ4v) is 4.58. The average Bonchev–Trinajstić information content (AvgIpc) is 3.44. The van der Waals surface area contributed by atoms with Crippen molar-refractivity contribution in [3.05, 3.63) is 35.0 Å². The number of fused-ring (bicyclic) bond motifs is 1. The highest BCUT2D eigenvalue weighted by Gasteiger charge is 2.23. The Morgan fingerprint density at radius 1 is 1.00 bits per heavy atom. The van der Waals surface area contributed by atoms with Crippen molar-refractivity contribution in [2.24, 2.45) is 7.05 Å². The Hall–Kier alpha value is -3.09. The lowest BCUT2D eigenvalue weighted by atomic mass is 9.95. The molecule has 7 nitrogen and oxygen atoms in total. The van der Waals surface area contributed by atoms with Crippen LogP contribution >= 0.6 is 0 Å². The van der Waals surface area contributed by atoms with Crippen LogP contribution in [0, 0.1) is 27.7 Å². The summed E-state index contributed by atoms with van der Waals surface area (Å²) >= 11 is 0. The van der Waals surface area contributed by atoms with Gasteiger partial charge in [0.15, 0.2) is 0 Å². The van der Waals surface area contributed by atoms with Crippen LogP contribution in [0.1, 0.15) is 35.7 Å². The number of nitrogens with one attached hydrogen (secondary N) is 1. The van der Waals surface area contributed by atoms with Crippen LogP contribution < -0.4 is 4.90 Å². The molecule has 0 amide bonds. The SMILES string of the molecule is Cc1noc(C)c1-c1cc(-c2c(C)nn(C)c2C)c2nc(N3CCCC3)[nH]c2c1. The van der Waals surface area contributed by atoms with Gasteiger partial charge < -0.3 is 14.4 Å². The van der Waals surface area contributed by atoms with Crippen LogP contribution in [-0.2, 0) is 7.05 Å². The standard InChI is InChI=1S/C22H26N6O/c1-12-19(14(3)27(5)25-12)17-10-16(20-13(2)26-29-15(20)4)11-18-21(17)24-22(23-18)28-8-6-7-9-28/h10-11H,6-9H2,1-5H3,(H,23,24). The maximum absolute atomic E-state index is 5.44. The van der Waals surface area contributed by atoms with Gasteiger partial charge in [0, 0.05) is 42.5 Å². The van der Waals surface area contributed by atoms with Crippen molar-refractivity contribution in [3.63, 3.8) is 0 Å². The zero-order valence-electron chi connectivity index (χ0n) is 17.6. The molecule has 29 heavy (non-hydrogen) atoms. The largest absolute Gasteiger partial charge is 0.361 e. The molecule has 0 spiro atoms. The molecular formula is C22H26N6O. The third kappa shape index (κ3) is 2.75. The number of nitrogens with zero attached hydrogens (tertiary/aromatic N) is 5. The van der Waals surface area contributed by atoms with Gasteiger partial charge in [-0.05, 0) is 58.2 Å². The van der Waals surface area contributed by atoms with Crippen LogP contribution in [0.2, 0.25) is 0 Å². The van der Waals surface area contributed by atoms with E-state index in [4.69, 9.17) is 9.51 Å². The van der Waals surface area contributed by atoms with Gasteiger partial charge in [-0.3, -0.25) is 4.68 Å². The van der Waals surface area contributed by atoms with Crippen molar-refractivity contribution in [3.8, 4) is 22.3 Å². The molecule has 0 atom stereocenters. The number of aromatic nitrogens is 5. The second kappa shape index (κ2) is 6.47. The smallest absolute Gasteiger partial charge is 0.203 e. The van der Waals surface area contributed by atoms with Gasteiger partial charge in [-0.2, -0.15) is 5.10 Å². The molecule has 5 rings (SSSR count). The lowest BCUT2D eigenvalue weighted by Gasteiger charge is -2.12. The first kappa shape index (κ1) is 18.0. The number of imidazole rings is 1. The molecule has 1 aliphatic heterocycles. The third-order valence-electron chi connectivity index (χ3n) is 6.08. The van der Waals surface area contributed by atoms with E-state index in [0.29, 0.717) is 0 Å². The number of hydrogen-bond donors (Lipinski definition) is 1. The van der Waals surface area contributed by atoms with Gasteiger partial charge in [-0.25, -0.2) is 4.98 Å². The molecule has 1 saturated heterocycles. The topological polar surface area (TPSA) is 75.8 Å². The maximum atomic E-state index is 5.44. The molecule has 0 radical (unpaired) electrons. The summed E-state index contributed by atoms with van der Waals surface area (Å²) in [5.41, 5.74) is 9.43. The van der Waals surface area contributed by atoms with Gasteiger partial charge in [0.2, 0.25) is 5.95 Å². The predicted octanol–water partition coefficient (Wildman–Crippen LogP) is 4.45. The Labute approximate surface area is 169 Å². The lowest BCUT2D eigenvalue weighted by Crippen LogP contribution is -2.18. The summed E-state index contributed by atoms with van der Waals surface area (Å²) in [4.78, 5) is 10.9. The molecular weight excluding hydrogens is 364 g/mol. The molecule has 0 unspecified atom stereocenters. The lowest BCUT2D eigenvalue weighted by molar-refractivity contribution is 0.393. The van der Waals surface area contributed by atoms with E-state index in [2.05, 4.69) is 46.1 Å². The zero-order chi connectivity index (χ0) is 20.3. The molecule has 150 valence electrons. The van der Waals surface area contributed by atoms with Gasteiger partial charge >= 0.3 is 0 Å². The van der Waals surface area contributed by atoms with E-state index in [1.165, 1.54) is 12.8 Å². The first-order chi connectivity index (χ1) is 13.9. The number of rotatable bonds is 3. The Balaban J connectivity index is 1.80. The van der Waals surface area contributed by atoms with E-state index in [9.17, 15) is 0 Å². The van der Waals surface area contributed by atoms with Crippen molar-refractivity contribution in [1.29, 1.82) is 0 Å². The number of aryl methyl sites for hydroxylation is 4. The molecule has 1 fully saturated rings. The van der Waals surface area contributed by atoms with Gasteiger partial charge in [-0.15, -0.1) is 0 Å². The molecule has 1 N–H and O–H groups in total. The van der Waals surface area contributed by atoms with Crippen LogP contribution in [-0.4, -0.2) is 38.0 Å². The Bertz CT molecular complexity index is 1200. The van der Waals surface area contributed by atoms with Crippen LogP contribution in [0.3, 0.4) is 0 Å². The highest BCUT2D eigenvalue weighted by atomic mass is 16.5. The summed E-state index contributed by atoms with van der Waals surface area (Å²) in [5, 5.41) is 8.80. The molecule has 7 heteroatoms. The maximum Gasteiger partial charge on any atom is 0.203 e. The monoisotopic (exact) mass is 390 g/mol. The second-order valence-corrected chi connectivity index (χ2v) is 8.04. The number of H-pyrrole nitrogens is 1.